The Kier molecular flexibility index (Phi) is 4.93. The summed E-state index contributed by atoms with van der Waals surface area (Å²) in [6.45, 7) is 1.45. The molecule has 2 rings (SSSR count). The van der Waals surface area contributed by atoms with E-state index in [2.05, 4.69) is 43.8 Å². The Labute approximate surface area is 139 Å². The summed E-state index contributed by atoms with van der Waals surface area (Å²) in [4.78, 5) is 23.4. The predicted octanol–water partition coefficient (Wildman–Crippen LogP) is 4.24. The molecule has 0 aliphatic carbocycles. The highest BCUT2D eigenvalue weighted by atomic mass is 127. The first-order valence-electron chi connectivity index (χ1n) is 5.85. The van der Waals surface area contributed by atoms with Gasteiger partial charge in [0.05, 0.1) is 0 Å². The van der Waals surface area contributed by atoms with Crippen molar-refractivity contribution in [1.29, 1.82) is 0 Å². The Morgan fingerprint density at radius 1 is 1.10 bits per heavy atom. The monoisotopic (exact) mass is 443 g/mol. The number of anilines is 1. The molecule has 3 nitrogen and oxygen atoms in total. The van der Waals surface area contributed by atoms with Crippen LogP contribution in [0.5, 0.6) is 0 Å². The Morgan fingerprint density at radius 3 is 2.35 bits per heavy atom. The lowest BCUT2D eigenvalue weighted by Crippen LogP contribution is -2.07. The zero-order valence-corrected chi connectivity index (χ0v) is 14.4. The molecule has 0 fully saturated rings. The molecule has 0 radical (unpaired) electrons. The predicted molar refractivity (Wildman–Crippen MR) is 91.0 cm³/mol. The van der Waals surface area contributed by atoms with Crippen LogP contribution in [0.15, 0.2) is 46.9 Å². The Balaban J connectivity index is 2.29. The molecule has 0 heterocycles. The molecule has 20 heavy (non-hydrogen) atoms. The van der Waals surface area contributed by atoms with E-state index in [0.717, 1.165) is 8.04 Å². The molecule has 1 amide bonds. The molecular weight excluding hydrogens is 433 g/mol. The van der Waals surface area contributed by atoms with Crippen LogP contribution in [-0.4, -0.2) is 11.7 Å². The molecule has 0 aliphatic rings. The van der Waals surface area contributed by atoms with Crippen molar-refractivity contribution in [3.05, 3.63) is 61.6 Å². The van der Waals surface area contributed by atoms with Crippen molar-refractivity contribution in [3.63, 3.8) is 0 Å². The van der Waals surface area contributed by atoms with Gasteiger partial charge >= 0.3 is 0 Å². The topological polar surface area (TPSA) is 46.2 Å². The van der Waals surface area contributed by atoms with Gasteiger partial charge in [0.1, 0.15) is 0 Å². The summed E-state index contributed by atoms with van der Waals surface area (Å²) in [5, 5.41) is 2.67. The summed E-state index contributed by atoms with van der Waals surface area (Å²) < 4.78 is 1.78. The fraction of sp³-hybridized carbons (Fsp3) is 0.0667. The van der Waals surface area contributed by atoms with Crippen LogP contribution >= 0.6 is 38.5 Å². The number of rotatable bonds is 3. The lowest BCUT2D eigenvalue weighted by atomic mass is 10.0. The van der Waals surface area contributed by atoms with Crippen molar-refractivity contribution in [2.24, 2.45) is 0 Å². The minimum atomic E-state index is -0.135. The molecule has 2 aromatic carbocycles. The van der Waals surface area contributed by atoms with E-state index in [-0.39, 0.29) is 11.7 Å². The molecule has 0 unspecified atom stereocenters. The molecule has 1 N–H and O–H groups in total. The highest BCUT2D eigenvalue weighted by molar-refractivity contribution is 14.1. The number of nitrogens with one attached hydrogen (secondary N) is 1. The molecule has 0 aromatic heterocycles. The van der Waals surface area contributed by atoms with Gasteiger partial charge in [0.25, 0.3) is 0 Å². The van der Waals surface area contributed by atoms with Crippen LogP contribution in [0.25, 0.3) is 0 Å². The number of halogens is 2. The van der Waals surface area contributed by atoms with Crippen molar-refractivity contribution in [1.82, 2.24) is 0 Å². The first kappa shape index (κ1) is 15.2. The van der Waals surface area contributed by atoms with Crippen LogP contribution in [0.3, 0.4) is 0 Å². The standard InChI is InChI=1S/C15H11BrINO2/c1-9(19)18-12-5-2-10(3-6-12)15(20)13-8-11(17)4-7-14(13)16/h2-8H,1H3,(H,18,19). The van der Waals surface area contributed by atoms with E-state index in [1.54, 1.807) is 24.3 Å². The fourth-order valence-corrected chi connectivity index (χ4v) is 2.65. The Hall–Kier alpha value is -1.21. The average molecular weight is 444 g/mol. The maximum atomic E-state index is 12.4. The molecule has 0 spiro atoms. The molecule has 2 aromatic rings. The number of benzene rings is 2. The second-order valence-corrected chi connectivity index (χ2v) is 6.31. The fourth-order valence-electron chi connectivity index (χ4n) is 1.74. The Bertz CT molecular complexity index is 668. The summed E-state index contributed by atoms with van der Waals surface area (Å²) in [5.74, 6) is -0.186. The smallest absolute Gasteiger partial charge is 0.221 e. The second kappa shape index (κ2) is 6.49. The van der Waals surface area contributed by atoms with E-state index in [0.29, 0.717) is 16.8 Å². The molecule has 0 atom stereocenters. The lowest BCUT2D eigenvalue weighted by molar-refractivity contribution is -0.114. The van der Waals surface area contributed by atoms with Crippen molar-refractivity contribution < 1.29 is 9.59 Å². The number of hydrogen-bond acceptors (Lipinski definition) is 2. The largest absolute Gasteiger partial charge is 0.326 e. The van der Waals surface area contributed by atoms with Gasteiger partial charge in [-0.2, -0.15) is 0 Å². The van der Waals surface area contributed by atoms with Crippen LogP contribution in [0.1, 0.15) is 22.8 Å². The molecule has 0 saturated carbocycles. The van der Waals surface area contributed by atoms with E-state index in [1.165, 1.54) is 6.92 Å². The summed E-state index contributed by atoms with van der Waals surface area (Å²) in [5.41, 5.74) is 1.89. The van der Waals surface area contributed by atoms with E-state index in [9.17, 15) is 9.59 Å². The number of hydrogen-bond donors (Lipinski definition) is 1. The summed E-state index contributed by atoms with van der Waals surface area (Å²) in [6, 6.07) is 12.5. The van der Waals surface area contributed by atoms with Gasteiger partial charge in [-0.25, -0.2) is 0 Å². The average Bonchev–Trinajstić information content (AvgIpc) is 2.41. The maximum Gasteiger partial charge on any atom is 0.221 e. The summed E-state index contributed by atoms with van der Waals surface area (Å²) in [7, 11) is 0. The normalized spacial score (nSPS) is 10.2. The van der Waals surface area contributed by atoms with Crippen LogP contribution in [0, 0.1) is 3.57 Å². The van der Waals surface area contributed by atoms with Crippen LogP contribution in [0.4, 0.5) is 5.69 Å². The van der Waals surface area contributed by atoms with Crippen LogP contribution in [0.2, 0.25) is 0 Å². The third kappa shape index (κ3) is 3.67. The van der Waals surface area contributed by atoms with E-state index >= 15 is 0 Å². The summed E-state index contributed by atoms with van der Waals surface area (Å²) in [6.07, 6.45) is 0. The maximum absolute atomic E-state index is 12.4. The highest BCUT2D eigenvalue weighted by Gasteiger charge is 2.13. The van der Waals surface area contributed by atoms with Gasteiger partial charge < -0.3 is 5.32 Å². The van der Waals surface area contributed by atoms with Gasteiger partial charge in [-0.1, -0.05) is 15.9 Å². The zero-order valence-electron chi connectivity index (χ0n) is 10.6. The third-order valence-electron chi connectivity index (χ3n) is 2.64. The number of amides is 1. The first-order valence-corrected chi connectivity index (χ1v) is 7.72. The van der Waals surface area contributed by atoms with E-state index in [1.807, 2.05) is 18.2 Å². The molecule has 102 valence electrons. The number of carbonyl (C=O) groups is 2. The SMILES string of the molecule is CC(=O)Nc1ccc(C(=O)c2cc(I)ccc2Br)cc1. The highest BCUT2D eigenvalue weighted by Crippen LogP contribution is 2.23. The minimum Gasteiger partial charge on any atom is -0.326 e. The third-order valence-corrected chi connectivity index (χ3v) is 4.00. The van der Waals surface area contributed by atoms with Gasteiger partial charge in [-0.05, 0) is 65.1 Å². The minimum absolute atomic E-state index is 0.0511. The number of carbonyl (C=O) groups excluding carboxylic acids is 2. The van der Waals surface area contributed by atoms with Crippen molar-refractivity contribution in [2.45, 2.75) is 6.92 Å². The van der Waals surface area contributed by atoms with Crippen LogP contribution in [-0.2, 0) is 4.79 Å². The van der Waals surface area contributed by atoms with Crippen molar-refractivity contribution in [2.75, 3.05) is 5.32 Å². The Morgan fingerprint density at radius 2 is 1.75 bits per heavy atom. The molecule has 5 heteroatoms. The molecular formula is C15H11BrINO2. The van der Waals surface area contributed by atoms with Gasteiger partial charge in [-0.3, -0.25) is 9.59 Å². The first-order chi connectivity index (χ1) is 9.47. The van der Waals surface area contributed by atoms with Gasteiger partial charge in [0.15, 0.2) is 5.78 Å². The molecule has 0 saturated heterocycles. The quantitative estimate of drug-likeness (QED) is 0.569. The zero-order chi connectivity index (χ0) is 14.7. The van der Waals surface area contributed by atoms with Gasteiger partial charge in [0, 0.05) is 31.8 Å². The molecule has 0 aliphatic heterocycles. The molecule has 0 bridgehead atoms. The number of ketones is 1. The summed E-state index contributed by atoms with van der Waals surface area (Å²) >= 11 is 5.57. The lowest BCUT2D eigenvalue weighted by Gasteiger charge is -2.06. The van der Waals surface area contributed by atoms with Crippen molar-refractivity contribution in [3.8, 4) is 0 Å². The van der Waals surface area contributed by atoms with E-state index < -0.39 is 0 Å². The second-order valence-electron chi connectivity index (χ2n) is 4.21. The van der Waals surface area contributed by atoms with Crippen LogP contribution < -0.4 is 5.32 Å². The van der Waals surface area contributed by atoms with Gasteiger partial charge in [0.2, 0.25) is 5.91 Å². The van der Waals surface area contributed by atoms with E-state index in [4.69, 9.17) is 0 Å². The van der Waals surface area contributed by atoms with Gasteiger partial charge in [-0.15, -0.1) is 0 Å². The van der Waals surface area contributed by atoms with Crippen molar-refractivity contribution >= 4 is 55.9 Å².